The Labute approximate surface area is 104 Å². The molecule has 0 aliphatic rings. The smallest absolute Gasteiger partial charge is 0.306 e. The zero-order chi connectivity index (χ0) is 12.1. The van der Waals surface area contributed by atoms with Crippen molar-refractivity contribution in [3.05, 3.63) is 5.69 Å². The van der Waals surface area contributed by atoms with Gasteiger partial charge in [0.25, 0.3) is 0 Å². The number of aryl methyl sites for hydroxylation is 1. The Bertz CT molecular complexity index is 366. The molecule has 16 heavy (non-hydrogen) atoms. The van der Waals surface area contributed by atoms with E-state index >= 15 is 0 Å². The molecule has 0 fully saturated rings. The van der Waals surface area contributed by atoms with Crippen LogP contribution in [0.15, 0.2) is 4.21 Å². The molecule has 0 amide bonds. The molecule has 0 saturated carbocycles. The molecule has 0 spiro atoms. The van der Waals surface area contributed by atoms with Gasteiger partial charge in [-0.1, -0.05) is 18.3 Å². The van der Waals surface area contributed by atoms with Crippen LogP contribution < -0.4 is 5.73 Å². The summed E-state index contributed by atoms with van der Waals surface area (Å²) in [5.41, 5.74) is 6.54. The highest BCUT2D eigenvalue weighted by atomic mass is 32.2. The lowest BCUT2D eigenvalue weighted by molar-refractivity contribution is -0.142. The van der Waals surface area contributed by atoms with Crippen molar-refractivity contribution in [2.75, 3.05) is 12.3 Å². The van der Waals surface area contributed by atoms with Crippen LogP contribution in [0.4, 0.5) is 5.13 Å². The summed E-state index contributed by atoms with van der Waals surface area (Å²) in [6.07, 6.45) is 0.412. The molecular formula is C10H16N2O2S2. The van der Waals surface area contributed by atoms with Crippen molar-refractivity contribution in [1.82, 2.24) is 4.98 Å². The van der Waals surface area contributed by atoms with Gasteiger partial charge in [0.05, 0.1) is 22.9 Å². The highest BCUT2D eigenvalue weighted by Crippen LogP contribution is 2.34. The van der Waals surface area contributed by atoms with Crippen LogP contribution in [0.5, 0.6) is 0 Å². The van der Waals surface area contributed by atoms with E-state index in [-0.39, 0.29) is 11.2 Å². The van der Waals surface area contributed by atoms with E-state index in [2.05, 4.69) is 4.98 Å². The number of aromatic nitrogens is 1. The summed E-state index contributed by atoms with van der Waals surface area (Å²) in [7, 11) is 0. The topological polar surface area (TPSA) is 65.2 Å². The summed E-state index contributed by atoms with van der Waals surface area (Å²) < 4.78 is 5.97. The van der Waals surface area contributed by atoms with Crippen LogP contribution in [0.25, 0.3) is 0 Å². The lowest BCUT2D eigenvalue weighted by Crippen LogP contribution is -2.10. The fraction of sp³-hybridized carbons (Fsp3) is 0.600. The van der Waals surface area contributed by atoms with E-state index < -0.39 is 0 Å². The Morgan fingerprint density at radius 1 is 1.69 bits per heavy atom. The number of rotatable bonds is 5. The largest absolute Gasteiger partial charge is 0.466 e. The Hall–Kier alpha value is -0.750. The summed E-state index contributed by atoms with van der Waals surface area (Å²) in [6, 6.07) is 0. The second-order valence-electron chi connectivity index (χ2n) is 3.36. The molecule has 0 aliphatic carbocycles. The van der Waals surface area contributed by atoms with Gasteiger partial charge in [-0.25, -0.2) is 4.98 Å². The van der Waals surface area contributed by atoms with Gasteiger partial charge in [-0.05, 0) is 13.8 Å². The fourth-order valence-electron chi connectivity index (χ4n) is 1.19. The molecule has 1 unspecified atom stereocenters. The number of hydrogen-bond acceptors (Lipinski definition) is 6. The molecule has 0 bridgehead atoms. The van der Waals surface area contributed by atoms with E-state index in [1.54, 1.807) is 11.8 Å². The minimum atomic E-state index is -0.155. The fourth-order valence-corrected chi connectivity index (χ4v) is 3.50. The molecule has 2 N–H and O–H groups in total. The number of thioether (sulfide) groups is 1. The molecular weight excluding hydrogens is 244 g/mol. The molecule has 1 aromatic heterocycles. The van der Waals surface area contributed by atoms with Gasteiger partial charge in [-0.15, -0.1) is 11.8 Å². The maximum absolute atomic E-state index is 11.3. The van der Waals surface area contributed by atoms with Crippen LogP contribution in [0.3, 0.4) is 0 Å². The van der Waals surface area contributed by atoms with E-state index in [1.165, 1.54) is 11.3 Å². The monoisotopic (exact) mass is 260 g/mol. The molecule has 1 aromatic rings. The van der Waals surface area contributed by atoms with E-state index in [0.717, 1.165) is 9.90 Å². The number of carbonyl (C=O) groups excluding carboxylic acids is 1. The SMILES string of the molecule is CCOC(=O)CC(C)Sc1sc(N)nc1C. The van der Waals surface area contributed by atoms with Crippen LogP contribution >= 0.6 is 23.1 Å². The first-order valence-corrected chi connectivity index (χ1v) is 6.77. The van der Waals surface area contributed by atoms with Gasteiger partial charge in [-0.2, -0.15) is 0 Å². The Morgan fingerprint density at radius 3 is 2.88 bits per heavy atom. The number of thiazole rings is 1. The van der Waals surface area contributed by atoms with Crippen LogP contribution in [-0.4, -0.2) is 22.8 Å². The summed E-state index contributed by atoms with van der Waals surface area (Å²) in [5, 5.41) is 0.751. The van der Waals surface area contributed by atoms with Gasteiger partial charge in [-0.3, -0.25) is 4.79 Å². The van der Waals surface area contributed by atoms with Crippen LogP contribution in [0.2, 0.25) is 0 Å². The number of nitrogens with zero attached hydrogens (tertiary/aromatic N) is 1. The molecule has 0 aliphatic heterocycles. The molecule has 90 valence electrons. The zero-order valence-electron chi connectivity index (χ0n) is 9.65. The summed E-state index contributed by atoms with van der Waals surface area (Å²) >= 11 is 3.08. The van der Waals surface area contributed by atoms with Gasteiger partial charge in [0.2, 0.25) is 0 Å². The molecule has 0 saturated heterocycles. The molecule has 4 nitrogen and oxygen atoms in total. The highest BCUT2D eigenvalue weighted by molar-refractivity contribution is 8.01. The predicted molar refractivity (Wildman–Crippen MR) is 67.8 cm³/mol. The maximum atomic E-state index is 11.3. The highest BCUT2D eigenvalue weighted by Gasteiger charge is 2.14. The van der Waals surface area contributed by atoms with Crippen LogP contribution in [0, 0.1) is 6.92 Å². The number of esters is 1. The van der Waals surface area contributed by atoms with Crippen molar-refractivity contribution in [2.24, 2.45) is 0 Å². The molecule has 1 heterocycles. The predicted octanol–water partition coefficient (Wildman–Crippen LogP) is 2.47. The first kappa shape index (κ1) is 13.3. The average Bonchev–Trinajstić information content (AvgIpc) is 2.44. The third-order valence-electron chi connectivity index (χ3n) is 1.84. The van der Waals surface area contributed by atoms with Crippen LogP contribution in [-0.2, 0) is 9.53 Å². The third-order valence-corrected chi connectivity index (χ3v) is 4.24. The van der Waals surface area contributed by atoms with Gasteiger partial charge in [0, 0.05) is 5.25 Å². The average molecular weight is 260 g/mol. The van der Waals surface area contributed by atoms with Crippen molar-refractivity contribution in [2.45, 2.75) is 36.7 Å². The third kappa shape index (κ3) is 4.02. The minimum absolute atomic E-state index is 0.155. The number of nitrogen functional groups attached to an aromatic ring is 1. The molecule has 1 atom stereocenters. The molecule has 0 aromatic carbocycles. The first-order chi connectivity index (χ1) is 7.52. The van der Waals surface area contributed by atoms with Crippen molar-refractivity contribution in [3.8, 4) is 0 Å². The Morgan fingerprint density at radius 2 is 2.38 bits per heavy atom. The number of ether oxygens (including phenoxy) is 1. The quantitative estimate of drug-likeness (QED) is 0.651. The summed E-state index contributed by atoms with van der Waals surface area (Å²) in [4.78, 5) is 15.4. The zero-order valence-corrected chi connectivity index (χ0v) is 11.3. The molecule has 6 heteroatoms. The van der Waals surface area contributed by atoms with Gasteiger partial charge in [0.15, 0.2) is 5.13 Å². The van der Waals surface area contributed by atoms with E-state index in [9.17, 15) is 4.79 Å². The number of carbonyl (C=O) groups is 1. The molecule has 1 rings (SSSR count). The van der Waals surface area contributed by atoms with E-state index in [0.29, 0.717) is 18.2 Å². The van der Waals surface area contributed by atoms with Crippen LogP contribution in [0.1, 0.15) is 26.0 Å². The number of hydrogen-bond donors (Lipinski definition) is 1. The lowest BCUT2D eigenvalue weighted by Gasteiger charge is -2.08. The first-order valence-electron chi connectivity index (χ1n) is 5.08. The maximum Gasteiger partial charge on any atom is 0.306 e. The Balaban J connectivity index is 2.48. The Kier molecular flexibility index (Phi) is 5.08. The standard InChI is InChI=1S/C10H16N2O2S2/c1-4-14-8(13)5-6(2)15-9-7(3)12-10(11)16-9/h6H,4-5H2,1-3H3,(H2,11,12). The normalized spacial score (nSPS) is 12.4. The summed E-state index contributed by atoms with van der Waals surface area (Å²) in [5.74, 6) is -0.155. The summed E-state index contributed by atoms with van der Waals surface area (Å²) in [6.45, 7) is 6.16. The van der Waals surface area contributed by atoms with E-state index in [1.807, 2.05) is 20.8 Å². The van der Waals surface area contributed by atoms with Crippen molar-refractivity contribution in [3.63, 3.8) is 0 Å². The molecule has 0 radical (unpaired) electrons. The van der Waals surface area contributed by atoms with Gasteiger partial charge < -0.3 is 10.5 Å². The van der Waals surface area contributed by atoms with Crippen molar-refractivity contribution in [1.29, 1.82) is 0 Å². The van der Waals surface area contributed by atoms with E-state index in [4.69, 9.17) is 10.5 Å². The van der Waals surface area contributed by atoms with Crippen molar-refractivity contribution < 1.29 is 9.53 Å². The second-order valence-corrected chi connectivity index (χ2v) is 6.10. The number of anilines is 1. The lowest BCUT2D eigenvalue weighted by atomic mass is 10.3. The minimum Gasteiger partial charge on any atom is -0.466 e. The van der Waals surface area contributed by atoms with Gasteiger partial charge >= 0.3 is 5.97 Å². The second kappa shape index (κ2) is 6.10. The van der Waals surface area contributed by atoms with Gasteiger partial charge in [0.1, 0.15) is 0 Å². The van der Waals surface area contributed by atoms with Crippen molar-refractivity contribution >= 4 is 34.2 Å². The number of nitrogens with two attached hydrogens (primary N) is 1.